The maximum absolute atomic E-state index is 12.7. The van der Waals surface area contributed by atoms with Gasteiger partial charge in [-0.3, -0.25) is 0 Å². The van der Waals surface area contributed by atoms with Gasteiger partial charge in [0, 0.05) is 23.0 Å². The minimum Gasteiger partial charge on any atom is -0.399 e. The van der Waals surface area contributed by atoms with Crippen molar-refractivity contribution in [1.29, 1.82) is 0 Å². The van der Waals surface area contributed by atoms with Gasteiger partial charge in [0.05, 0.1) is 0 Å². The Bertz CT molecular complexity index is 340. The summed E-state index contributed by atoms with van der Waals surface area (Å²) in [5.41, 5.74) is 6.31. The largest absolute Gasteiger partial charge is 0.399 e. The lowest BCUT2D eigenvalue weighted by molar-refractivity contribution is 0.152. The molecule has 1 rings (SSSR count). The number of nitrogen functional groups attached to an aromatic ring is 1. The summed E-state index contributed by atoms with van der Waals surface area (Å²) in [5.74, 6) is 0. The number of hydrogen-bond donors (Lipinski definition) is 2. The predicted octanol–water partition coefficient (Wildman–Crippen LogP) is 3.81. The molecular weight excluding hydrogens is 210 g/mol. The third-order valence-electron chi connectivity index (χ3n) is 2.43. The standard InChI is InChI=1S/C12H18F2N2/c1-3-4-8(2)16-11-6-5-9(15)7-10(11)12(13)14/h5-8,12,16H,3-4,15H2,1-2H3. The highest BCUT2D eigenvalue weighted by Gasteiger charge is 2.14. The molecule has 1 atom stereocenters. The molecule has 0 radical (unpaired) electrons. The lowest BCUT2D eigenvalue weighted by Crippen LogP contribution is -2.16. The van der Waals surface area contributed by atoms with Crippen LogP contribution in [0.3, 0.4) is 0 Å². The van der Waals surface area contributed by atoms with Crippen molar-refractivity contribution in [3.05, 3.63) is 23.8 Å². The van der Waals surface area contributed by atoms with Crippen molar-refractivity contribution in [2.24, 2.45) is 0 Å². The summed E-state index contributed by atoms with van der Waals surface area (Å²) < 4.78 is 25.5. The normalized spacial score (nSPS) is 12.8. The Morgan fingerprint density at radius 3 is 2.62 bits per heavy atom. The Morgan fingerprint density at radius 1 is 1.38 bits per heavy atom. The third-order valence-corrected chi connectivity index (χ3v) is 2.43. The van der Waals surface area contributed by atoms with Gasteiger partial charge in [-0.1, -0.05) is 13.3 Å². The molecule has 0 spiro atoms. The summed E-state index contributed by atoms with van der Waals surface area (Å²) in [6.45, 7) is 4.05. The monoisotopic (exact) mass is 228 g/mol. The topological polar surface area (TPSA) is 38.0 Å². The van der Waals surface area contributed by atoms with Crippen molar-refractivity contribution in [2.75, 3.05) is 11.1 Å². The molecule has 4 heteroatoms. The SMILES string of the molecule is CCCC(C)Nc1ccc(N)cc1C(F)F. The first-order valence-electron chi connectivity index (χ1n) is 5.48. The van der Waals surface area contributed by atoms with Gasteiger partial charge in [-0.15, -0.1) is 0 Å². The van der Waals surface area contributed by atoms with E-state index in [1.807, 2.05) is 6.92 Å². The Morgan fingerprint density at radius 2 is 2.06 bits per heavy atom. The molecule has 0 heterocycles. The second-order valence-corrected chi connectivity index (χ2v) is 3.98. The smallest absolute Gasteiger partial charge is 0.265 e. The number of alkyl halides is 2. The highest BCUT2D eigenvalue weighted by atomic mass is 19.3. The van der Waals surface area contributed by atoms with E-state index in [9.17, 15) is 8.78 Å². The molecule has 1 aromatic carbocycles. The number of benzene rings is 1. The second-order valence-electron chi connectivity index (χ2n) is 3.98. The summed E-state index contributed by atoms with van der Waals surface area (Å²) >= 11 is 0. The van der Waals surface area contributed by atoms with E-state index < -0.39 is 6.43 Å². The Labute approximate surface area is 94.8 Å². The Kier molecular flexibility index (Phi) is 4.52. The quantitative estimate of drug-likeness (QED) is 0.752. The molecule has 0 saturated carbocycles. The predicted molar refractivity (Wildman–Crippen MR) is 63.8 cm³/mol. The molecule has 0 bridgehead atoms. The third kappa shape index (κ3) is 3.36. The molecule has 1 unspecified atom stereocenters. The van der Waals surface area contributed by atoms with Crippen LogP contribution in [0.4, 0.5) is 20.2 Å². The summed E-state index contributed by atoms with van der Waals surface area (Å²) in [4.78, 5) is 0. The number of nitrogens with one attached hydrogen (secondary N) is 1. The average Bonchev–Trinajstić information content (AvgIpc) is 2.20. The molecule has 0 aliphatic heterocycles. The van der Waals surface area contributed by atoms with Crippen molar-refractivity contribution in [2.45, 2.75) is 39.2 Å². The van der Waals surface area contributed by atoms with Gasteiger partial charge in [0.1, 0.15) is 0 Å². The van der Waals surface area contributed by atoms with Crippen LogP contribution in [0.2, 0.25) is 0 Å². The number of rotatable bonds is 5. The Hall–Kier alpha value is -1.32. The van der Waals surface area contributed by atoms with Gasteiger partial charge < -0.3 is 11.1 Å². The maximum Gasteiger partial charge on any atom is 0.265 e. The molecular formula is C12H18F2N2. The van der Waals surface area contributed by atoms with Crippen LogP contribution >= 0.6 is 0 Å². The fraction of sp³-hybridized carbons (Fsp3) is 0.500. The van der Waals surface area contributed by atoms with Crippen molar-refractivity contribution < 1.29 is 8.78 Å². The zero-order valence-electron chi connectivity index (χ0n) is 9.63. The molecule has 0 aromatic heterocycles. The van der Waals surface area contributed by atoms with E-state index in [1.165, 1.54) is 6.07 Å². The second kappa shape index (κ2) is 5.68. The molecule has 2 nitrogen and oxygen atoms in total. The number of anilines is 2. The number of nitrogens with two attached hydrogens (primary N) is 1. The van der Waals surface area contributed by atoms with Crippen LogP contribution in [0.15, 0.2) is 18.2 Å². The van der Waals surface area contributed by atoms with Gasteiger partial charge in [0.15, 0.2) is 0 Å². The fourth-order valence-corrected chi connectivity index (χ4v) is 1.66. The van der Waals surface area contributed by atoms with E-state index in [0.717, 1.165) is 12.8 Å². The lowest BCUT2D eigenvalue weighted by Gasteiger charge is -2.17. The van der Waals surface area contributed by atoms with Crippen LogP contribution < -0.4 is 11.1 Å². The van der Waals surface area contributed by atoms with E-state index in [-0.39, 0.29) is 11.6 Å². The molecule has 0 saturated heterocycles. The van der Waals surface area contributed by atoms with Crippen molar-refractivity contribution in [3.63, 3.8) is 0 Å². The zero-order valence-corrected chi connectivity index (χ0v) is 9.63. The van der Waals surface area contributed by atoms with Gasteiger partial charge in [0.25, 0.3) is 6.43 Å². The van der Waals surface area contributed by atoms with E-state index in [4.69, 9.17) is 5.73 Å². The molecule has 0 aliphatic rings. The van der Waals surface area contributed by atoms with Crippen LogP contribution in [0, 0.1) is 0 Å². The number of halogens is 2. The van der Waals surface area contributed by atoms with Crippen LogP contribution in [0.5, 0.6) is 0 Å². The van der Waals surface area contributed by atoms with Gasteiger partial charge in [-0.2, -0.15) is 0 Å². The summed E-state index contributed by atoms with van der Waals surface area (Å²) in [6, 6.07) is 4.76. The Balaban J connectivity index is 2.86. The maximum atomic E-state index is 12.7. The first-order valence-corrected chi connectivity index (χ1v) is 5.48. The van der Waals surface area contributed by atoms with Gasteiger partial charge in [0.2, 0.25) is 0 Å². The van der Waals surface area contributed by atoms with E-state index in [1.54, 1.807) is 12.1 Å². The minimum atomic E-state index is -2.50. The minimum absolute atomic E-state index is 0.0250. The summed E-state index contributed by atoms with van der Waals surface area (Å²) in [5, 5.41) is 3.08. The molecule has 0 aliphatic carbocycles. The average molecular weight is 228 g/mol. The first kappa shape index (κ1) is 12.7. The van der Waals surface area contributed by atoms with Crippen molar-refractivity contribution >= 4 is 11.4 Å². The highest BCUT2D eigenvalue weighted by Crippen LogP contribution is 2.29. The van der Waals surface area contributed by atoms with Crippen LogP contribution in [-0.2, 0) is 0 Å². The fourth-order valence-electron chi connectivity index (χ4n) is 1.66. The molecule has 3 N–H and O–H groups in total. The van der Waals surface area contributed by atoms with Gasteiger partial charge >= 0.3 is 0 Å². The van der Waals surface area contributed by atoms with Crippen molar-refractivity contribution in [3.8, 4) is 0 Å². The summed E-state index contributed by atoms with van der Waals surface area (Å²) in [6.07, 6.45) is -0.528. The molecule has 0 fully saturated rings. The molecule has 1 aromatic rings. The van der Waals surface area contributed by atoms with Gasteiger partial charge in [-0.05, 0) is 31.5 Å². The van der Waals surface area contributed by atoms with Crippen LogP contribution in [0.25, 0.3) is 0 Å². The van der Waals surface area contributed by atoms with Crippen LogP contribution in [-0.4, -0.2) is 6.04 Å². The van der Waals surface area contributed by atoms with Crippen molar-refractivity contribution in [1.82, 2.24) is 0 Å². The molecule has 90 valence electrons. The molecule has 16 heavy (non-hydrogen) atoms. The first-order chi connectivity index (χ1) is 7.54. The molecule has 0 amide bonds. The number of hydrogen-bond acceptors (Lipinski definition) is 2. The van der Waals surface area contributed by atoms with Gasteiger partial charge in [-0.25, -0.2) is 8.78 Å². The lowest BCUT2D eigenvalue weighted by atomic mass is 10.1. The van der Waals surface area contributed by atoms with E-state index >= 15 is 0 Å². The van der Waals surface area contributed by atoms with Crippen LogP contribution in [0.1, 0.15) is 38.7 Å². The highest BCUT2D eigenvalue weighted by molar-refractivity contribution is 5.59. The van der Waals surface area contributed by atoms with E-state index in [2.05, 4.69) is 12.2 Å². The van der Waals surface area contributed by atoms with E-state index in [0.29, 0.717) is 11.4 Å². The zero-order chi connectivity index (χ0) is 12.1. The summed E-state index contributed by atoms with van der Waals surface area (Å²) in [7, 11) is 0.